The first kappa shape index (κ1) is 17.7. The maximum absolute atomic E-state index is 12.2. The summed E-state index contributed by atoms with van der Waals surface area (Å²) in [6.07, 6.45) is 0. The Balaban J connectivity index is 2.17. The van der Waals surface area contributed by atoms with Crippen molar-refractivity contribution < 1.29 is 14.5 Å². The second-order valence-electron chi connectivity index (χ2n) is 4.93. The lowest BCUT2D eigenvalue weighted by molar-refractivity contribution is -0.384. The Bertz CT molecular complexity index is 860. The number of hydrogen-bond acceptors (Lipinski definition) is 7. The predicted octanol–water partition coefficient (Wildman–Crippen LogP) is 1.77. The van der Waals surface area contributed by atoms with Gasteiger partial charge < -0.3 is 15.8 Å². The molecule has 1 aromatic carbocycles. The van der Waals surface area contributed by atoms with Crippen LogP contribution in [0.25, 0.3) is 0 Å². The third-order valence-corrected chi connectivity index (χ3v) is 3.22. The van der Waals surface area contributed by atoms with Crippen LogP contribution in [0.15, 0.2) is 30.3 Å². The van der Waals surface area contributed by atoms with E-state index in [2.05, 4.69) is 10.3 Å². The molecule has 2 aromatic rings. The molecule has 1 heterocycles. The summed E-state index contributed by atoms with van der Waals surface area (Å²) in [5.41, 5.74) is 6.41. The van der Waals surface area contributed by atoms with Gasteiger partial charge in [-0.15, -0.1) is 0 Å². The topological polar surface area (TPSA) is 144 Å². The largest absolute Gasteiger partial charge is 0.477 e. The van der Waals surface area contributed by atoms with Gasteiger partial charge in [0.25, 0.3) is 11.6 Å². The number of rotatable bonds is 6. The van der Waals surface area contributed by atoms with Gasteiger partial charge in [0.2, 0.25) is 5.88 Å². The third kappa shape index (κ3) is 4.20. The lowest BCUT2D eigenvalue weighted by atomic mass is 10.2. The molecule has 0 spiro atoms. The number of carbonyl (C=O) groups is 1. The van der Waals surface area contributed by atoms with Crippen LogP contribution in [0.4, 0.5) is 11.4 Å². The molecule has 0 fully saturated rings. The molecule has 0 radical (unpaired) electrons. The number of hydrogen-bond donors (Lipinski definition) is 2. The molecular weight excluding hydrogens is 326 g/mol. The first-order valence-corrected chi connectivity index (χ1v) is 7.31. The van der Waals surface area contributed by atoms with E-state index in [9.17, 15) is 14.9 Å². The molecule has 0 saturated carbocycles. The van der Waals surface area contributed by atoms with Crippen LogP contribution in [-0.2, 0) is 6.54 Å². The van der Waals surface area contributed by atoms with E-state index < -0.39 is 10.8 Å². The average molecular weight is 341 g/mol. The number of aromatic nitrogens is 1. The molecule has 3 N–H and O–H groups in total. The first-order valence-electron chi connectivity index (χ1n) is 7.31. The minimum Gasteiger partial charge on any atom is -0.477 e. The van der Waals surface area contributed by atoms with Crippen LogP contribution in [0.5, 0.6) is 5.88 Å². The van der Waals surface area contributed by atoms with Crippen molar-refractivity contribution in [2.24, 2.45) is 0 Å². The average Bonchev–Trinajstić information content (AvgIpc) is 2.60. The molecular formula is C16H15N5O4. The van der Waals surface area contributed by atoms with Gasteiger partial charge in [-0.25, -0.2) is 4.98 Å². The normalized spacial score (nSPS) is 9.92. The third-order valence-electron chi connectivity index (χ3n) is 3.22. The van der Waals surface area contributed by atoms with E-state index in [1.807, 2.05) is 6.07 Å². The molecule has 9 nitrogen and oxygen atoms in total. The SMILES string of the molecule is CCOc1nc(C(=O)NCc2cccc([N+](=O)[O-])c2)cc(N)c1C#N. The molecule has 25 heavy (non-hydrogen) atoms. The van der Waals surface area contributed by atoms with Crippen molar-refractivity contribution in [3.05, 3.63) is 57.3 Å². The minimum absolute atomic E-state index is 0.00880. The van der Waals surface area contributed by atoms with Gasteiger partial charge in [-0.1, -0.05) is 12.1 Å². The van der Waals surface area contributed by atoms with Crippen molar-refractivity contribution in [2.75, 3.05) is 12.3 Å². The number of non-ortho nitro benzene ring substituents is 1. The van der Waals surface area contributed by atoms with Crippen LogP contribution in [0, 0.1) is 21.4 Å². The number of pyridine rings is 1. The van der Waals surface area contributed by atoms with Gasteiger partial charge >= 0.3 is 0 Å². The second-order valence-corrected chi connectivity index (χ2v) is 4.93. The van der Waals surface area contributed by atoms with E-state index in [4.69, 9.17) is 15.7 Å². The number of ether oxygens (including phenoxy) is 1. The summed E-state index contributed by atoms with van der Waals surface area (Å²) in [5.74, 6) is -0.547. The zero-order chi connectivity index (χ0) is 18.4. The molecule has 0 aliphatic carbocycles. The second kappa shape index (κ2) is 7.74. The summed E-state index contributed by atoms with van der Waals surface area (Å²) in [6.45, 7) is 2.06. The summed E-state index contributed by atoms with van der Waals surface area (Å²) in [6, 6.07) is 9.08. The predicted molar refractivity (Wildman–Crippen MR) is 88.8 cm³/mol. The highest BCUT2D eigenvalue weighted by Crippen LogP contribution is 2.22. The van der Waals surface area contributed by atoms with E-state index in [1.54, 1.807) is 13.0 Å². The Kier molecular flexibility index (Phi) is 5.47. The fourth-order valence-corrected chi connectivity index (χ4v) is 2.06. The Morgan fingerprint density at radius 1 is 1.48 bits per heavy atom. The number of nitrogens with zero attached hydrogens (tertiary/aromatic N) is 3. The molecule has 2 rings (SSSR count). The minimum atomic E-state index is -0.538. The molecule has 1 aromatic heterocycles. The fourth-order valence-electron chi connectivity index (χ4n) is 2.06. The Labute approximate surface area is 143 Å². The van der Waals surface area contributed by atoms with Gasteiger partial charge in [0.1, 0.15) is 17.3 Å². The zero-order valence-corrected chi connectivity index (χ0v) is 13.4. The van der Waals surface area contributed by atoms with Crippen LogP contribution < -0.4 is 15.8 Å². The maximum Gasteiger partial charge on any atom is 0.270 e. The molecule has 1 amide bonds. The van der Waals surface area contributed by atoms with Crippen molar-refractivity contribution in [2.45, 2.75) is 13.5 Å². The standard InChI is InChI=1S/C16H15N5O4/c1-2-25-16-12(8-17)13(18)7-14(20-16)15(22)19-9-10-4-3-5-11(6-10)21(23)24/h3-7H,2,9H2,1H3,(H2,18,20)(H,19,22). The van der Waals surface area contributed by atoms with Crippen molar-refractivity contribution in [3.63, 3.8) is 0 Å². The number of anilines is 1. The smallest absolute Gasteiger partial charge is 0.270 e. The summed E-state index contributed by atoms with van der Waals surface area (Å²) in [7, 11) is 0. The van der Waals surface area contributed by atoms with Crippen molar-refractivity contribution in [1.82, 2.24) is 10.3 Å². The number of nitrogens with one attached hydrogen (secondary N) is 1. The highest BCUT2D eigenvalue weighted by molar-refractivity contribution is 5.93. The van der Waals surface area contributed by atoms with Gasteiger partial charge in [0.05, 0.1) is 17.2 Å². The monoisotopic (exact) mass is 341 g/mol. The van der Waals surface area contributed by atoms with E-state index in [-0.39, 0.29) is 41.7 Å². The van der Waals surface area contributed by atoms with Crippen LogP contribution in [0.2, 0.25) is 0 Å². The van der Waals surface area contributed by atoms with Crippen molar-refractivity contribution >= 4 is 17.3 Å². The first-order chi connectivity index (χ1) is 12.0. The Morgan fingerprint density at radius 3 is 2.88 bits per heavy atom. The number of benzene rings is 1. The highest BCUT2D eigenvalue weighted by Gasteiger charge is 2.16. The summed E-state index contributed by atoms with van der Waals surface area (Å²) >= 11 is 0. The molecule has 0 bridgehead atoms. The highest BCUT2D eigenvalue weighted by atomic mass is 16.6. The number of nitrogen functional groups attached to an aromatic ring is 1. The summed E-state index contributed by atoms with van der Waals surface area (Å²) in [5, 5.41) is 22.4. The lowest BCUT2D eigenvalue weighted by Crippen LogP contribution is -2.24. The van der Waals surface area contributed by atoms with Crippen LogP contribution in [0.3, 0.4) is 0 Å². The molecule has 0 atom stereocenters. The molecule has 0 aliphatic heterocycles. The van der Waals surface area contributed by atoms with Gasteiger partial charge in [-0.05, 0) is 18.6 Å². The molecule has 0 unspecified atom stereocenters. The van der Waals surface area contributed by atoms with E-state index in [0.29, 0.717) is 5.56 Å². The van der Waals surface area contributed by atoms with Crippen molar-refractivity contribution in [3.8, 4) is 11.9 Å². The zero-order valence-electron chi connectivity index (χ0n) is 13.4. The van der Waals surface area contributed by atoms with E-state index in [0.717, 1.165) is 0 Å². The van der Waals surface area contributed by atoms with Gasteiger partial charge in [-0.2, -0.15) is 5.26 Å². The number of nitrogens with two attached hydrogens (primary N) is 1. The van der Waals surface area contributed by atoms with E-state index >= 15 is 0 Å². The molecule has 9 heteroatoms. The number of nitriles is 1. The molecule has 128 valence electrons. The number of amides is 1. The Morgan fingerprint density at radius 2 is 2.24 bits per heavy atom. The van der Waals surface area contributed by atoms with Crippen LogP contribution >= 0.6 is 0 Å². The molecule has 0 aliphatic rings. The quantitative estimate of drug-likeness (QED) is 0.601. The molecule has 0 saturated heterocycles. The van der Waals surface area contributed by atoms with E-state index in [1.165, 1.54) is 24.3 Å². The number of carbonyl (C=O) groups excluding carboxylic acids is 1. The maximum atomic E-state index is 12.2. The van der Waals surface area contributed by atoms with Crippen LogP contribution in [-0.4, -0.2) is 22.4 Å². The van der Waals surface area contributed by atoms with Gasteiger partial charge in [-0.3, -0.25) is 14.9 Å². The van der Waals surface area contributed by atoms with Gasteiger partial charge in [0, 0.05) is 18.7 Å². The summed E-state index contributed by atoms with van der Waals surface area (Å²) < 4.78 is 5.24. The van der Waals surface area contributed by atoms with Crippen molar-refractivity contribution in [1.29, 1.82) is 5.26 Å². The summed E-state index contributed by atoms with van der Waals surface area (Å²) in [4.78, 5) is 26.5. The Hall–Kier alpha value is -3.67. The van der Waals surface area contributed by atoms with Gasteiger partial charge in [0.15, 0.2) is 0 Å². The lowest BCUT2D eigenvalue weighted by Gasteiger charge is -2.10. The fraction of sp³-hybridized carbons (Fsp3) is 0.188. The number of nitro groups is 1. The van der Waals surface area contributed by atoms with Crippen LogP contribution in [0.1, 0.15) is 28.5 Å². The number of nitro benzene ring substituents is 1.